The van der Waals surface area contributed by atoms with Gasteiger partial charge in [0.05, 0.1) is 0 Å². The third kappa shape index (κ3) is 8.36. The summed E-state index contributed by atoms with van der Waals surface area (Å²) in [5.41, 5.74) is 8.24. The Morgan fingerprint density at radius 1 is 0.293 bits per heavy atom. The van der Waals surface area contributed by atoms with Crippen molar-refractivity contribution in [3.8, 4) is 34.4 Å². The number of anilines is 3. The Balaban J connectivity index is 0.982. The zero-order chi connectivity index (χ0) is 38.9. The summed E-state index contributed by atoms with van der Waals surface area (Å²) in [5, 5.41) is 25.5. The van der Waals surface area contributed by atoms with Crippen molar-refractivity contribution in [1.82, 2.24) is 30.6 Å². The SMILES string of the molecule is C(=Cc1nnc(-c2ccc(N(c3ccc(-c4nnc(C=Cc5ccccc5)o4)cc3)c3ccc(-c4nnc(C=Cc5ccccc5)o4)cc3)cc2)o1)c1ccccc1. The van der Waals surface area contributed by atoms with Crippen molar-refractivity contribution in [2.75, 3.05) is 4.90 Å². The average molecular weight is 756 g/mol. The summed E-state index contributed by atoms with van der Waals surface area (Å²) in [6.07, 6.45) is 11.2. The van der Waals surface area contributed by atoms with Crippen LogP contribution in [0, 0.1) is 0 Å². The van der Waals surface area contributed by atoms with Gasteiger partial charge in [-0.1, -0.05) is 91.0 Å². The summed E-state index contributed by atoms with van der Waals surface area (Å²) in [6.45, 7) is 0. The van der Waals surface area contributed by atoms with Crippen molar-refractivity contribution in [3.05, 3.63) is 198 Å². The molecule has 0 aliphatic heterocycles. The van der Waals surface area contributed by atoms with Crippen molar-refractivity contribution in [3.63, 3.8) is 0 Å². The van der Waals surface area contributed by atoms with Crippen LogP contribution < -0.4 is 4.90 Å². The van der Waals surface area contributed by atoms with E-state index in [-0.39, 0.29) is 0 Å². The number of hydrogen-bond acceptors (Lipinski definition) is 10. The largest absolute Gasteiger partial charge is 0.417 e. The molecule has 9 aromatic rings. The molecule has 0 saturated carbocycles. The van der Waals surface area contributed by atoms with Crippen LogP contribution in [0.3, 0.4) is 0 Å². The molecule has 10 heteroatoms. The third-order valence-corrected chi connectivity index (χ3v) is 9.09. The second-order valence-electron chi connectivity index (χ2n) is 13.0. The van der Waals surface area contributed by atoms with Gasteiger partial charge in [0.2, 0.25) is 35.3 Å². The first-order valence-electron chi connectivity index (χ1n) is 18.5. The van der Waals surface area contributed by atoms with E-state index in [1.165, 1.54) is 0 Å². The van der Waals surface area contributed by atoms with Gasteiger partial charge in [-0.2, -0.15) is 0 Å². The highest BCUT2D eigenvalue weighted by molar-refractivity contribution is 5.80. The van der Waals surface area contributed by atoms with E-state index in [9.17, 15) is 0 Å². The molecular weight excluding hydrogens is 723 g/mol. The lowest BCUT2D eigenvalue weighted by atomic mass is 10.1. The Kier molecular flexibility index (Phi) is 10.2. The molecule has 0 aliphatic carbocycles. The summed E-state index contributed by atoms with van der Waals surface area (Å²) in [7, 11) is 0. The van der Waals surface area contributed by atoms with Gasteiger partial charge in [-0.15, -0.1) is 30.6 Å². The van der Waals surface area contributed by atoms with Crippen LogP contribution in [0.2, 0.25) is 0 Å². The van der Waals surface area contributed by atoms with Crippen molar-refractivity contribution in [2.45, 2.75) is 0 Å². The van der Waals surface area contributed by atoms with Gasteiger partial charge in [0.1, 0.15) is 0 Å². The van der Waals surface area contributed by atoms with E-state index in [1.54, 1.807) is 0 Å². The van der Waals surface area contributed by atoms with Crippen LogP contribution in [0.1, 0.15) is 34.4 Å². The molecule has 0 unspecified atom stereocenters. The molecule has 0 radical (unpaired) electrons. The smallest absolute Gasteiger partial charge is 0.248 e. The Morgan fingerprint density at radius 3 is 0.845 bits per heavy atom. The molecule has 3 heterocycles. The molecule has 10 nitrogen and oxygen atoms in total. The van der Waals surface area contributed by atoms with E-state index in [4.69, 9.17) is 13.3 Å². The predicted octanol–water partition coefficient (Wildman–Crippen LogP) is 11.8. The van der Waals surface area contributed by atoms with Gasteiger partial charge in [-0.25, -0.2) is 0 Å². The molecule has 6 aromatic carbocycles. The minimum Gasteiger partial charge on any atom is -0.417 e. The molecule has 9 rings (SSSR count). The molecular formula is C48H33N7O3. The molecule has 0 fully saturated rings. The van der Waals surface area contributed by atoms with Crippen LogP contribution in [0.15, 0.2) is 177 Å². The molecule has 0 atom stereocenters. The summed E-state index contributed by atoms with van der Waals surface area (Å²) in [4.78, 5) is 2.14. The van der Waals surface area contributed by atoms with Gasteiger partial charge >= 0.3 is 0 Å². The fourth-order valence-electron chi connectivity index (χ4n) is 6.16. The Labute approximate surface area is 333 Å². The van der Waals surface area contributed by atoms with Gasteiger partial charge in [0.25, 0.3) is 0 Å². The second kappa shape index (κ2) is 16.6. The van der Waals surface area contributed by atoms with E-state index in [1.807, 2.05) is 200 Å². The number of aromatic nitrogens is 6. The maximum atomic E-state index is 5.98. The zero-order valence-electron chi connectivity index (χ0n) is 30.9. The fourth-order valence-corrected chi connectivity index (χ4v) is 6.16. The summed E-state index contributed by atoms with van der Waals surface area (Å²) in [5.74, 6) is 2.54. The lowest BCUT2D eigenvalue weighted by Crippen LogP contribution is -2.09. The summed E-state index contributed by atoms with van der Waals surface area (Å²) >= 11 is 0. The molecule has 58 heavy (non-hydrogen) atoms. The Morgan fingerprint density at radius 2 is 0.569 bits per heavy atom. The normalized spacial score (nSPS) is 11.6. The topological polar surface area (TPSA) is 120 Å². The molecule has 0 aliphatic rings. The molecule has 0 saturated heterocycles. The first kappa shape index (κ1) is 35.5. The minimum atomic E-state index is 0.422. The van der Waals surface area contributed by atoms with E-state index in [0.29, 0.717) is 35.3 Å². The Hall–Kier alpha value is -8.24. The van der Waals surface area contributed by atoms with Gasteiger partial charge in [0.15, 0.2) is 0 Å². The predicted molar refractivity (Wildman–Crippen MR) is 227 cm³/mol. The lowest BCUT2D eigenvalue weighted by Gasteiger charge is -2.25. The average Bonchev–Trinajstić information content (AvgIpc) is 4.09. The van der Waals surface area contributed by atoms with Crippen LogP contribution >= 0.6 is 0 Å². The highest BCUT2D eigenvalue weighted by atomic mass is 16.4. The maximum absolute atomic E-state index is 5.98. The highest BCUT2D eigenvalue weighted by Crippen LogP contribution is 2.37. The van der Waals surface area contributed by atoms with Crippen LogP contribution in [0.5, 0.6) is 0 Å². The standard InChI is InChI=1S/C48H33N7O3/c1-4-10-34(11-5-1)16-31-43-49-52-46(56-43)37-19-25-40(26-20-37)55(41-27-21-38(22-28-41)47-53-50-44(57-47)32-17-35-12-6-2-7-13-35)42-29-23-39(24-30-42)48-54-51-45(58-48)33-18-36-14-8-3-9-15-36/h1-33H. The van der Waals surface area contributed by atoms with E-state index in [0.717, 1.165) is 50.4 Å². The number of nitrogens with zero attached hydrogens (tertiary/aromatic N) is 7. The van der Waals surface area contributed by atoms with Crippen LogP contribution in [-0.2, 0) is 0 Å². The monoisotopic (exact) mass is 755 g/mol. The number of rotatable bonds is 12. The van der Waals surface area contributed by atoms with E-state index in [2.05, 4.69) is 35.5 Å². The van der Waals surface area contributed by atoms with Crippen LogP contribution in [0.4, 0.5) is 17.1 Å². The van der Waals surface area contributed by atoms with E-state index >= 15 is 0 Å². The number of hydrogen-bond donors (Lipinski definition) is 0. The zero-order valence-corrected chi connectivity index (χ0v) is 30.9. The Bertz CT molecular complexity index is 2500. The van der Waals surface area contributed by atoms with E-state index < -0.39 is 0 Å². The minimum absolute atomic E-state index is 0.422. The summed E-state index contributed by atoms with van der Waals surface area (Å²) in [6, 6.07) is 53.8. The summed E-state index contributed by atoms with van der Waals surface area (Å²) < 4.78 is 17.9. The van der Waals surface area contributed by atoms with Gasteiger partial charge in [0, 0.05) is 52.0 Å². The lowest BCUT2D eigenvalue weighted by molar-refractivity contribution is 0.557. The number of benzene rings is 6. The van der Waals surface area contributed by atoms with Crippen molar-refractivity contribution in [1.29, 1.82) is 0 Å². The molecule has 0 bridgehead atoms. The highest BCUT2D eigenvalue weighted by Gasteiger charge is 2.17. The van der Waals surface area contributed by atoms with Gasteiger partial charge in [-0.3, -0.25) is 0 Å². The molecule has 3 aromatic heterocycles. The molecule has 278 valence electrons. The van der Waals surface area contributed by atoms with Gasteiger partial charge < -0.3 is 18.2 Å². The molecule has 0 spiro atoms. The fraction of sp³-hybridized carbons (Fsp3) is 0. The first-order valence-corrected chi connectivity index (χ1v) is 18.5. The van der Waals surface area contributed by atoms with Gasteiger partial charge in [-0.05, 0) is 108 Å². The third-order valence-electron chi connectivity index (χ3n) is 9.09. The van der Waals surface area contributed by atoms with Crippen molar-refractivity contribution >= 4 is 53.5 Å². The van der Waals surface area contributed by atoms with Crippen molar-refractivity contribution in [2.24, 2.45) is 0 Å². The van der Waals surface area contributed by atoms with Crippen LogP contribution in [-0.4, -0.2) is 30.6 Å². The molecule has 0 N–H and O–H groups in total. The van der Waals surface area contributed by atoms with Crippen molar-refractivity contribution < 1.29 is 13.3 Å². The molecule has 0 amide bonds. The second-order valence-corrected chi connectivity index (χ2v) is 13.0. The quantitative estimate of drug-likeness (QED) is 0.119. The van der Waals surface area contributed by atoms with Crippen LogP contribution in [0.25, 0.3) is 70.8 Å². The first-order chi connectivity index (χ1) is 28.7. The maximum Gasteiger partial charge on any atom is 0.248 e.